The lowest BCUT2D eigenvalue weighted by Gasteiger charge is -2.06. The first-order chi connectivity index (χ1) is 10.1. The monoisotopic (exact) mass is 286 g/mol. The predicted molar refractivity (Wildman–Crippen MR) is 87.4 cm³/mol. The van der Waals surface area contributed by atoms with Crippen molar-refractivity contribution in [1.82, 2.24) is 10.3 Å². The number of benzene rings is 1. The molecule has 1 N–H and O–H groups in total. The highest BCUT2D eigenvalue weighted by atomic mass is 16.4. The second-order valence-electron chi connectivity index (χ2n) is 6.14. The predicted octanol–water partition coefficient (Wildman–Crippen LogP) is 4.14. The summed E-state index contributed by atoms with van der Waals surface area (Å²) in [5.74, 6) is 2.40. The Morgan fingerprint density at radius 3 is 2.81 bits per heavy atom. The van der Waals surface area contributed by atoms with Crippen LogP contribution >= 0.6 is 0 Å². The number of aryl methyl sites for hydroxylation is 3. The Morgan fingerprint density at radius 1 is 1.24 bits per heavy atom. The largest absolute Gasteiger partial charge is 0.441 e. The first-order valence-corrected chi connectivity index (χ1v) is 7.79. The number of aromatic nitrogens is 1. The van der Waals surface area contributed by atoms with Crippen LogP contribution in [-0.4, -0.2) is 18.1 Å². The fraction of sp³-hybridized carbons (Fsp3) is 0.500. The van der Waals surface area contributed by atoms with Crippen LogP contribution < -0.4 is 5.32 Å². The van der Waals surface area contributed by atoms with Crippen molar-refractivity contribution >= 4 is 0 Å². The number of nitrogens with zero attached hydrogens (tertiary/aromatic N) is 1. The molecule has 0 atom stereocenters. The molecular weight excluding hydrogens is 260 g/mol. The molecule has 0 spiro atoms. The third-order valence-electron chi connectivity index (χ3n) is 3.51. The Balaban J connectivity index is 1.91. The molecular formula is C18H26N2O. The zero-order valence-corrected chi connectivity index (χ0v) is 13.6. The molecule has 2 rings (SSSR count). The van der Waals surface area contributed by atoms with E-state index in [0.29, 0.717) is 5.92 Å². The maximum atomic E-state index is 5.89. The third kappa shape index (κ3) is 4.71. The summed E-state index contributed by atoms with van der Waals surface area (Å²) in [5, 5.41) is 3.44. The van der Waals surface area contributed by atoms with Crippen LogP contribution in [0.15, 0.2) is 28.8 Å². The molecule has 0 unspecified atom stereocenters. The molecule has 0 aliphatic carbocycles. The maximum absolute atomic E-state index is 5.89. The van der Waals surface area contributed by atoms with Crippen molar-refractivity contribution in [3.63, 3.8) is 0 Å². The van der Waals surface area contributed by atoms with E-state index in [0.717, 1.165) is 43.1 Å². The second kappa shape index (κ2) is 7.41. The first-order valence-electron chi connectivity index (χ1n) is 7.79. The summed E-state index contributed by atoms with van der Waals surface area (Å²) in [6.45, 7) is 10.7. The highest BCUT2D eigenvalue weighted by Crippen LogP contribution is 2.25. The number of rotatable bonds is 7. The van der Waals surface area contributed by atoms with Gasteiger partial charge in [0.25, 0.3) is 0 Å². The smallest absolute Gasteiger partial charge is 0.194 e. The maximum Gasteiger partial charge on any atom is 0.194 e. The number of oxazole rings is 1. The molecule has 3 nitrogen and oxygen atoms in total. The lowest BCUT2D eigenvalue weighted by Crippen LogP contribution is -2.21. The number of hydrogen-bond acceptors (Lipinski definition) is 3. The van der Waals surface area contributed by atoms with Crippen molar-refractivity contribution in [2.24, 2.45) is 5.92 Å². The number of nitrogens with one attached hydrogen (secondary N) is 1. The Morgan fingerprint density at radius 2 is 2.05 bits per heavy atom. The van der Waals surface area contributed by atoms with Crippen molar-refractivity contribution in [1.29, 1.82) is 0 Å². The summed E-state index contributed by atoms with van der Waals surface area (Å²) < 4.78 is 5.89. The zero-order valence-electron chi connectivity index (χ0n) is 13.6. The minimum absolute atomic E-state index is 0.697. The van der Waals surface area contributed by atoms with Gasteiger partial charge in [-0.1, -0.05) is 31.5 Å². The fourth-order valence-corrected chi connectivity index (χ4v) is 2.31. The van der Waals surface area contributed by atoms with Crippen molar-refractivity contribution in [3.8, 4) is 11.3 Å². The molecule has 0 fully saturated rings. The third-order valence-corrected chi connectivity index (χ3v) is 3.51. The Bertz CT molecular complexity index is 572. The van der Waals surface area contributed by atoms with Crippen LogP contribution in [0.25, 0.3) is 11.3 Å². The normalized spacial score (nSPS) is 11.3. The highest BCUT2D eigenvalue weighted by Gasteiger charge is 2.09. The molecule has 1 aromatic heterocycles. The van der Waals surface area contributed by atoms with Crippen molar-refractivity contribution in [3.05, 3.63) is 41.4 Å². The van der Waals surface area contributed by atoms with Crippen LogP contribution in [0.1, 0.15) is 37.3 Å². The molecule has 0 aliphatic heterocycles. The van der Waals surface area contributed by atoms with Crippen molar-refractivity contribution in [2.75, 3.05) is 13.1 Å². The SMILES string of the molecule is Cc1ccc(C)c(-c2cnc(CCCNCC(C)C)o2)c1. The quantitative estimate of drug-likeness (QED) is 0.777. The van der Waals surface area contributed by atoms with Gasteiger partial charge in [0.05, 0.1) is 6.20 Å². The molecule has 0 radical (unpaired) electrons. The molecule has 114 valence electrons. The Hall–Kier alpha value is -1.61. The van der Waals surface area contributed by atoms with Gasteiger partial charge < -0.3 is 9.73 Å². The van der Waals surface area contributed by atoms with Crippen molar-refractivity contribution < 1.29 is 4.42 Å². The lowest BCUT2D eigenvalue weighted by molar-refractivity contribution is 0.483. The van der Waals surface area contributed by atoms with Gasteiger partial charge in [-0.3, -0.25) is 0 Å². The Kier molecular flexibility index (Phi) is 5.57. The molecule has 1 heterocycles. The molecule has 0 aliphatic rings. The van der Waals surface area contributed by atoms with Crippen molar-refractivity contribution in [2.45, 2.75) is 40.5 Å². The summed E-state index contributed by atoms with van der Waals surface area (Å²) >= 11 is 0. The number of hydrogen-bond donors (Lipinski definition) is 1. The minimum atomic E-state index is 0.697. The standard InChI is InChI=1S/C18H26N2O/c1-13(2)11-19-9-5-6-18-20-12-17(21-18)16-10-14(3)7-8-15(16)4/h7-8,10,12-13,19H,5-6,9,11H2,1-4H3. The first kappa shape index (κ1) is 15.8. The van der Waals surface area contributed by atoms with E-state index >= 15 is 0 Å². The van der Waals surface area contributed by atoms with Gasteiger partial charge in [-0.15, -0.1) is 0 Å². The van der Waals surface area contributed by atoms with Gasteiger partial charge >= 0.3 is 0 Å². The molecule has 21 heavy (non-hydrogen) atoms. The average molecular weight is 286 g/mol. The van der Waals surface area contributed by atoms with E-state index in [2.05, 4.69) is 56.2 Å². The van der Waals surface area contributed by atoms with Gasteiger partial charge in [-0.05, 0) is 50.9 Å². The summed E-state index contributed by atoms with van der Waals surface area (Å²) in [6, 6.07) is 6.41. The van der Waals surface area contributed by atoms with E-state index in [1.54, 1.807) is 0 Å². The van der Waals surface area contributed by atoms with E-state index < -0.39 is 0 Å². The molecule has 0 amide bonds. The van der Waals surface area contributed by atoms with Gasteiger partial charge in [0.2, 0.25) is 0 Å². The topological polar surface area (TPSA) is 38.1 Å². The van der Waals surface area contributed by atoms with E-state index in [9.17, 15) is 0 Å². The summed E-state index contributed by atoms with van der Waals surface area (Å²) in [5.41, 5.74) is 3.61. The minimum Gasteiger partial charge on any atom is -0.441 e. The van der Waals surface area contributed by atoms with Crippen LogP contribution in [0, 0.1) is 19.8 Å². The van der Waals surface area contributed by atoms with E-state index in [1.165, 1.54) is 11.1 Å². The van der Waals surface area contributed by atoms with Gasteiger partial charge in [-0.2, -0.15) is 0 Å². The summed E-state index contributed by atoms with van der Waals surface area (Å²) in [4.78, 5) is 4.40. The fourth-order valence-electron chi connectivity index (χ4n) is 2.31. The van der Waals surface area contributed by atoms with Gasteiger partial charge in [0, 0.05) is 12.0 Å². The zero-order chi connectivity index (χ0) is 15.2. The Labute approximate surface area is 127 Å². The summed E-state index contributed by atoms with van der Waals surface area (Å²) in [6.07, 6.45) is 3.79. The molecule has 0 saturated carbocycles. The van der Waals surface area contributed by atoms with Crippen LogP contribution in [0.4, 0.5) is 0 Å². The average Bonchev–Trinajstić information content (AvgIpc) is 2.89. The van der Waals surface area contributed by atoms with Crippen LogP contribution in [-0.2, 0) is 6.42 Å². The summed E-state index contributed by atoms with van der Waals surface area (Å²) in [7, 11) is 0. The van der Waals surface area contributed by atoms with E-state index in [4.69, 9.17) is 4.42 Å². The molecule has 3 heteroatoms. The van der Waals surface area contributed by atoms with Crippen LogP contribution in [0.2, 0.25) is 0 Å². The molecule has 0 saturated heterocycles. The lowest BCUT2D eigenvalue weighted by atomic mass is 10.0. The van der Waals surface area contributed by atoms with Gasteiger partial charge in [-0.25, -0.2) is 4.98 Å². The molecule has 0 bridgehead atoms. The molecule has 2 aromatic rings. The second-order valence-corrected chi connectivity index (χ2v) is 6.14. The van der Waals surface area contributed by atoms with Crippen LogP contribution in [0.3, 0.4) is 0 Å². The van der Waals surface area contributed by atoms with E-state index in [1.807, 2.05) is 6.20 Å². The van der Waals surface area contributed by atoms with E-state index in [-0.39, 0.29) is 0 Å². The highest BCUT2D eigenvalue weighted by molar-refractivity contribution is 5.62. The van der Waals surface area contributed by atoms with Gasteiger partial charge in [0.1, 0.15) is 0 Å². The van der Waals surface area contributed by atoms with Gasteiger partial charge in [0.15, 0.2) is 11.7 Å². The van der Waals surface area contributed by atoms with Crippen LogP contribution in [0.5, 0.6) is 0 Å². The molecule has 1 aromatic carbocycles.